The van der Waals surface area contributed by atoms with E-state index in [0.29, 0.717) is 24.8 Å². The fourth-order valence-corrected chi connectivity index (χ4v) is 2.94. The summed E-state index contributed by atoms with van der Waals surface area (Å²) in [5.74, 6) is -1.28. The van der Waals surface area contributed by atoms with Gasteiger partial charge in [-0.25, -0.2) is 4.39 Å². The highest BCUT2D eigenvalue weighted by Crippen LogP contribution is 2.20. The van der Waals surface area contributed by atoms with E-state index in [1.807, 2.05) is 0 Å². The lowest BCUT2D eigenvalue weighted by Crippen LogP contribution is -2.60. The van der Waals surface area contributed by atoms with Gasteiger partial charge in [-0.1, -0.05) is 12.1 Å². The monoisotopic (exact) mass is 352 g/mol. The maximum absolute atomic E-state index is 13.2. The Morgan fingerprint density at radius 3 is 2.68 bits per heavy atom. The number of aliphatic hydroxyl groups is 2. The molecule has 0 spiro atoms. The minimum absolute atomic E-state index is 0.0424. The van der Waals surface area contributed by atoms with Crippen molar-refractivity contribution < 1.29 is 24.2 Å². The lowest BCUT2D eigenvalue weighted by Gasteiger charge is -2.35. The van der Waals surface area contributed by atoms with Crippen LogP contribution >= 0.6 is 0 Å². The van der Waals surface area contributed by atoms with Crippen molar-refractivity contribution in [3.8, 4) is 0 Å². The summed E-state index contributed by atoms with van der Waals surface area (Å²) in [5.41, 5.74) is -0.688. The van der Waals surface area contributed by atoms with Crippen LogP contribution in [-0.2, 0) is 16.0 Å². The molecule has 2 rings (SSSR count). The van der Waals surface area contributed by atoms with Gasteiger partial charge in [0.15, 0.2) is 0 Å². The molecule has 4 N–H and O–H groups in total. The van der Waals surface area contributed by atoms with Crippen LogP contribution in [0.4, 0.5) is 4.39 Å². The van der Waals surface area contributed by atoms with Gasteiger partial charge in [0.25, 0.3) is 0 Å². The zero-order valence-corrected chi connectivity index (χ0v) is 14.5. The molecule has 1 aromatic rings. The Morgan fingerprint density at radius 2 is 2.00 bits per heavy atom. The van der Waals surface area contributed by atoms with Gasteiger partial charge in [-0.05, 0) is 50.8 Å². The molecule has 0 aliphatic heterocycles. The van der Waals surface area contributed by atoms with Gasteiger partial charge in [-0.3, -0.25) is 9.59 Å². The van der Waals surface area contributed by atoms with Gasteiger partial charge < -0.3 is 20.8 Å². The molecule has 1 aromatic carbocycles. The fourth-order valence-electron chi connectivity index (χ4n) is 2.94. The Kier molecular flexibility index (Phi) is 6.13. The zero-order valence-electron chi connectivity index (χ0n) is 14.5. The maximum Gasteiger partial charge on any atom is 0.245 e. The first kappa shape index (κ1) is 19.3. The quantitative estimate of drug-likeness (QED) is 0.625. The number of benzene rings is 1. The van der Waals surface area contributed by atoms with Gasteiger partial charge in [0.05, 0.1) is 24.7 Å². The molecule has 0 unspecified atom stereocenters. The highest BCUT2D eigenvalue weighted by molar-refractivity contribution is 5.91. The molecule has 6 nitrogen and oxygen atoms in total. The number of rotatable bonds is 5. The molecule has 3 atom stereocenters. The molecular formula is C18H25FN2O4. The molecule has 0 radical (unpaired) electrons. The Morgan fingerprint density at radius 1 is 1.28 bits per heavy atom. The molecule has 25 heavy (non-hydrogen) atoms. The second-order valence-corrected chi connectivity index (χ2v) is 7.05. The third-order valence-corrected chi connectivity index (χ3v) is 4.41. The molecule has 0 heterocycles. The lowest BCUT2D eigenvalue weighted by molar-refractivity contribution is -0.134. The van der Waals surface area contributed by atoms with E-state index in [-0.39, 0.29) is 6.42 Å². The predicted octanol–water partition coefficient (Wildman–Crippen LogP) is 0.653. The summed E-state index contributed by atoms with van der Waals surface area (Å²) in [6.45, 7) is 3.11. The topological polar surface area (TPSA) is 98.7 Å². The van der Waals surface area contributed by atoms with E-state index in [1.54, 1.807) is 19.9 Å². The number of nitrogens with one attached hydrogen (secondary N) is 2. The lowest BCUT2D eigenvalue weighted by atomic mass is 9.89. The minimum atomic E-state index is -1.20. The van der Waals surface area contributed by atoms with Crippen LogP contribution in [0.25, 0.3) is 0 Å². The summed E-state index contributed by atoms with van der Waals surface area (Å²) in [7, 11) is 0. The zero-order chi connectivity index (χ0) is 18.6. The third kappa shape index (κ3) is 5.24. The molecule has 1 saturated carbocycles. The molecule has 0 saturated heterocycles. The summed E-state index contributed by atoms with van der Waals surface area (Å²) in [6.07, 6.45) is -0.144. The van der Waals surface area contributed by atoms with Gasteiger partial charge in [-0.2, -0.15) is 0 Å². The van der Waals surface area contributed by atoms with Crippen LogP contribution in [0.2, 0.25) is 0 Å². The van der Waals surface area contributed by atoms with Crippen LogP contribution in [0.15, 0.2) is 24.3 Å². The van der Waals surface area contributed by atoms with Crippen molar-refractivity contribution in [2.75, 3.05) is 0 Å². The summed E-state index contributed by atoms with van der Waals surface area (Å²) >= 11 is 0. The van der Waals surface area contributed by atoms with E-state index >= 15 is 0 Å². The molecule has 2 amide bonds. The molecule has 7 heteroatoms. The maximum atomic E-state index is 13.2. The Balaban J connectivity index is 1.93. The van der Waals surface area contributed by atoms with Crippen molar-refractivity contribution in [3.63, 3.8) is 0 Å². The minimum Gasteiger partial charge on any atom is -0.390 e. The van der Waals surface area contributed by atoms with Crippen molar-refractivity contribution in [1.29, 1.82) is 0 Å². The number of carbonyl (C=O) groups is 2. The van der Waals surface area contributed by atoms with Crippen molar-refractivity contribution in [1.82, 2.24) is 10.6 Å². The summed E-state index contributed by atoms with van der Waals surface area (Å²) in [6, 6.07) is 5.17. The normalized spacial score (nSPS) is 23.8. The standard InChI is InChI=1S/C18H25FN2O4/c1-18(2,17(25)20-13-7-4-8-14(22)16(13)24)21-15(23)10-11-5-3-6-12(19)9-11/h3,5-6,9,13-14,16,22,24H,4,7-8,10H2,1-2H3,(H,20,25)(H,21,23)/t13-,14-,16-/m1/s1. The highest BCUT2D eigenvalue weighted by atomic mass is 19.1. The van der Waals surface area contributed by atoms with Gasteiger partial charge in [0.1, 0.15) is 11.4 Å². The summed E-state index contributed by atoms with van der Waals surface area (Å²) < 4.78 is 13.2. The number of hydrogen-bond acceptors (Lipinski definition) is 4. The Labute approximate surface area is 146 Å². The van der Waals surface area contributed by atoms with E-state index in [4.69, 9.17) is 0 Å². The molecule has 0 aromatic heterocycles. The Hall–Kier alpha value is -1.99. The van der Waals surface area contributed by atoms with Crippen LogP contribution in [0.3, 0.4) is 0 Å². The van der Waals surface area contributed by atoms with E-state index in [9.17, 15) is 24.2 Å². The fraction of sp³-hybridized carbons (Fsp3) is 0.556. The number of halogens is 1. The van der Waals surface area contributed by atoms with Gasteiger partial charge in [-0.15, -0.1) is 0 Å². The first-order chi connectivity index (χ1) is 11.7. The van der Waals surface area contributed by atoms with Crippen LogP contribution in [0, 0.1) is 5.82 Å². The first-order valence-electron chi connectivity index (χ1n) is 8.41. The van der Waals surface area contributed by atoms with Crippen molar-refractivity contribution >= 4 is 11.8 Å². The number of aliphatic hydroxyl groups excluding tert-OH is 2. The van der Waals surface area contributed by atoms with Crippen LogP contribution in [-0.4, -0.2) is 45.8 Å². The van der Waals surface area contributed by atoms with Crippen molar-refractivity contribution in [2.24, 2.45) is 0 Å². The molecule has 1 fully saturated rings. The van der Waals surface area contributed by atoms with Gasteiger partial charge in [0.2, 0.25) is 11.8 Å². The molecular weight excluding hydrogens is 327 g/mol. The van der Waals surface area contributed by atoms with E-state index in [2.05, 4.69) is 10.6 Å². The molecule has 1 aliphatic rings. The predicted molar refractivity (Wildman–Crippen MR) is 90.1 cm³/mol. The second kappa shape index (κ2) is 7.93. The van der Waals surface area contributed by atoms with E-state index < -0.39 is 41.4 Å². The summed E-state index contributed by atoms with van der Waals surface area (Å²) in [4.78, 5) is 24.6. The molecule has 0 bridgehead atoms. The van der Waals surface area contributed by atoms with Gasteiger partial charge in [0, 0.05) is 0 Å². The first-order valence-corrected chi connectivity index (χ1v) is 8.41. The smallest absolute Gasteiger partial charge is 0.245 e. The number of hydrogen-bond donors (Lipinski definition) is 4. The number of carbonyl (C=O) groups excluding carboxylic acids is 2. The third-order valence-electron chi connectivity index (χ3n) is 4.41. The second-order valence-electron chi connectivity index (χ2n) is 7.05. The molecule has 138 valence electrons. The van der Waals surface area contributed by atoms with Crippen LogP contribution in [0.5, 0.6) is 0 Å². The summed E-state index contributed by atoms with van der Waals surface area (Å²) in [5, 5.41) is 25.0. The van der Waals surface area contributed by atoms with E-state index in [0.717, 1.165) is 0 Å². The van der Waals surface area contributed by atoms with Crippen LogP contribution < -0.4 is 10.6 Å². The molecule has 1 aliphatic carbocycles. The number of amides is 2. The SMILES string of the molecule is CC(C)(NC(=O)Cc1cccc(F)c1)C(=O)N[C@@H]1CCC[C@@H](O)[C@@H]1O. The highest BCUT2D eigenvalue weighted by Gasteiger charge is 2.36. The van der Waals surface area contributed by atoms with Crippen molar-refractivity contribution in [2.45, 2.75) is 63.3 Å². The van der Waals surface area contributed by atoms with Crippen LogP contribution in [0.1, 0.15) is 38.7 Å². The Bertz CT molecular complexity index is 635. The average Bonchev–Trinajstić information content (AvgIpc) is 2.51. The van der Waals surface area contributed by atoms with E-state index in [1.165, 1.54) is 18.2 Å². The average molecular weight is 352 g/mol. The van der Waals surface area contributed by atoms with Crippen molar-refractivity contribution in [3.05, 3.63) is 35.6 Å². The largest absolute Gasteiger partial charge is 0.390 e. The van der Waals surface area contributed by atoms with Gasteiger partial charge >= 0.3 is 0 Å².